The standard InChI is InChI=1S/C22H28ClNO4/c1-7-18(16-8-9-19(26-5)20(12-16)27-6)24-22(25)15(4)28-17-10-13(2)21(23)14(3)11-17/h8-12,15,18H,7H2,1-6H3,(H,24,25). The smallest absolute Gasteiger partial charge is 0.261 e. The molecule has 0 aromatic heterocycles. The fourth-order valence-corrected chi connectivity index (χ4v) is 3.12. The molecule has 0 spiro atoms. The van der Waals surface area contributed by atoms with Crippen molar-refractivity contribution >= 4 is 17.5 Å². The number of amides is 1. The molecule has 0 fully saturated rings. The zero-order valence-corrected chi connectivity index (χ0v) is 18.0. The average Bonchev–Trinajstić information content (AvgIpc) is 2.69. The first-order valence-electron chi connectivity index (χ1n) is 9.26. The van der Waals surface area contributed by atoms with Gasteiger partial charge in [0.05, 0.1) is 20.3 Å². The van der Waals surface area contributed by atoms with Crippen molar-refractivity contribution in [3.05, 3.63) is 52.0 Å². The van der Waals surface area contributed by atoms with E-state index in [2.05, 4.69) is 5.32 Å². The van der Waals surface area contributed by atoms with Crippen LogP contribution in [0, 0.1) is 13.8 Å². The minimum Gasteiger partial charge on any atom is -0.493 e. The number of rotatable bonds is 8. The topological polar surface area (TPSA) is 56.8 Å². The molecule has 1 amide bonds. The Morgan fingerprint density at radius 1 is 1.07 bits per heavy atom. The van der Waals surface area contributed by atoms with Crippen LogP contribution in [0.15, 0.2) is 30.3 Å². The zero-order chi connectivity index (χ0) is 20.8. The summed E-state index contributed by atoms with van der Waals surface area (Å²) in [6.45, 7) is 7.57. The van der Waals surface area contributed by atoms with E-state index >= 15 is 0 Å². The van der Waals surface area contributed by atoms with Crippen molar-refractivity contribution in [2.45, 2.75) is 46.3 Å². The third-order valence-electron chi connectivity index (χ3n) is 4.63. The lowest BCUT2D eigenvalue weighted by molar-refractivity contribution is -0.128. The predicted octanol–water partition coefficient (Wildman–Crippen LogP) is 5.01. The quantitative estimate of drug-likeness (QED) is 0.670. The molecule has 0 radical (unpaired) electrons. The van der Waals surface area contributed by atoms with E-state index in [9.17, 15) is 4.79 Å². The Bertz CT molecular complexity index is 814. The molecular weight excluding hydrogens is 378 g/mol. The maximum absolute atomic E-state index is 12.7. The fourth-order valence-electron chi connectivity index (χ4n) is 3.01. The number of hydrogen-bond acceptors (Lipinski definition) is 4. The van der Waals surface area contributed by atoms with Gasteiger partial charge in [-0.2, -0.15) is 0 Å². The molecule has 0 aliphatic heterocycles. The largest absolute Gasteiger partial charge is 0.493 e. The Hall–Kier alpha value is -2.40. The van der Waals surface area contributed by atoms with Gasteiger partial charge in [0.2, 0.25) is 0 Å². The van der Waals surface area contributed by atoms with Gasteiger partial charge < -0.3 is 19.5 Å². The number of ether oxygens (including phenoxy) is 3. The van der Waals surface area contributed by atoms with Gasteiger partial charge in [-0.25, -0.2) is 0 Å². The van der Waals surface area contributed by atoms with Crippen molar-refractivity contribution < 1.29 is 19.0 Å². The molecule has 0 saturated carbocycles. The predicted molar refractivity (Wildman–Crippen MR) is 112 cm³/mol. The summed E-state index contributed by atoms with van der Waals surface area (Å²) in [7, 11) is 3.18. The first-order chi connectivity index (χ1) is 13.3. The van der Waals surface area contributed by atoms with Crippen LogP contribution in [-0.4, -0.2) is 26.2 Å². The van der Waals surface area contributed by atoms with E-state index in [1.165, 1.54) is 0 Å². The van der Waals surface area contributed by atoms with Crippen LogP contribution in [0.5, 0.6) is 17.2 Å². The van der Waals surface area contributed by atoms with Crippen molar-refractivity contribution in [3.8, 4) is 17.2 Å². The Morgan fingerprint density at radius 3 is 2.21 bits per heavy atom. The van der Waals surface area contributed by atoms with Crippen LogP contribution in [0.25, 0.3) is 0 Å². The van der Waals surface area contributed by atoms with Crippen LogP contribution in [0.4, 0.5) is 0 Å². The summed E-state index contributed by atoms with van der Waals surface area (Å²) in [6.07, 6.45) is 0.0850. The van der Waals surface area contributed by atoms with Crippen molar-refractivity contribution in [1.29, 1.82) is 0 Å². The summed E-state index contributed by atoms with van der Waals surface area (Å²) in [5.41, 5.74) is 2.78. The molecule has 6 heteroatoms. The summed E-state index contributed by atoms with van der Waals surface area (Å²) in [6, 6.07) is 9.15. The third-order valence-corrected chi connectivity index (χ3v) is 5.22. The lowest BCUT2D eigenvalue weighted by atomic mass is 10.0. The summed E-state index contributed by atoms with van der Waals surface area (Å²) >= 11 is 6.20. The minimum absolute atomic E-state index is 0.160. The van der Waals surface area contributed by atoms with Crippen LogP contribution < -0.4 is 19.5 Å². The van der Waals surface area contributed by atoms with E-state index in [0.29, 0.717) is 22.3 Å². The molecule has 2 aromatic rings. The lowest BCUT2D eigenvalue weighted by Crippen LogP contribution is -2.38. The van der Waals surface area contributed by atoms with Crippen molar-refractivity contribution in [1.82, 2.24) is 5.32 Å². The SMILES string of the molecule is CCC(NC(=O)C(C)Oc1cc(C)c(Cl)c(C)c1)c1ccc(OC)c(OC)c1. The van der Waals surface area contributed by atoms with Gasteiger partial charge in [-0.15, -0.1) is 0 Å². The molecule has 152 valence electrons. The van der Waals surface area contributed by atoms with E-state index in [0.717, 1.165) is 23.1 Å². The van der Waals surface area contributed by atoms with Crippen molar-refractivity contribution in [2.24, 2.45) is 0 Å². The number of benzene rings is 2. The van der Waals surface area contributed by atoms with Crippen molar-refractivity contribution in [2.75, 3.05) is 14.2 Å². The maximum Gasteiger partial charge on any atom is 0.261 e. The van der Waals surface area contributed by atoms with E-state index in [-0.39, 0.29) is 11.9 Å². The van der Waals surface area contributed by atoms with E-state index in [1.54, 1.807) is 21.1 Å². The summed E-state index contributed by atoms with van der Waals surface area (Å²) in [4.78, 5) is 12.7. The van der Waals surface area contributed by atoms with Gasteiger partial charge in [0.1, 0.15) is 5.75 Å². The highest BCUT2D eigenvalue weighted by Crippen LogP contribution is 2.31. The van der Waals surface area contributed by atoms with E-state index < -0.39 is 6.10 Å². The number of halogens is 1. The molecular formula is C22H28ClNO4. The van der Waals surface area contributed by atoms with Crippen LogP contribution in [0.1, 0.15) is 43.0 Å². The zero-order valence-electron chi connectivity index (χ0n) is 17.3. The number of methoxy groups -OCH3 is 2. The third kappa shape index (κ3) is 5.10. The van der Waals surface area contributed by atoms with Crippen molar-refractivity contribution in [3.63, 3.8) is 0 Å². The van der Waals surface area contributed by atoms with Gasteiger partial charge >= 0.3 is 0 Å². The Balaban J connectivity index is 2.11. The second-order valence-corrected chi connectivity index (χ2v) is 7.09. The molecule has 5 nitrogen and oxygen atoms in total. The maximum atomic E-state index is 12.7. The number of aryl methyl sites for hydroxylation is 2. The Labute approximate surface area is 171 Å². The van der Waals surface area contributed by atoms with Crippen LogP contribution in [0.3, 0.4) is 0 Å². The first-order valence-corrected chi connectivity index (χ1v) is 9.64. The number of carbonyl (C=O) groups excluding carboxylic acids is 1. The van der Waals surface area contributed by atoms with Gasteiger partial charge in [0.25, 0.3) is 5.91 Å². The highest BCUT2D eigenvalue weighted by Gasteiger charge is 2.21. The van der Waals surface area contributed by atoms with E-state index in [4.69, 9.17) is 25.8 Å². The number of carbonyl (C=O) groups is 1. The van der Waals surface area contributed by atoms with Crippen LogP contribution >= 0.6 is 11.6 Å². The van der Waals surface area contributed by atoms with Gasteiger partial charge in [-0.1, -0.05) is 24.6 Å². The molecule has 2 aromatic carbocycles. The molecule has 2 atom stereocenters. The molecule has 2 rings (SSSR count). The Morgan fingerprint density at radius 2 is 1.68 bits per heavy atom. The molecule has 1 N–H and O–H groups in total. The molecule has 0 saturated heterocycles. The highest BCUT2D eigenvalue weighted by atomic mass is 35.5. The Kier molecular flexibility index (Phi) is 7.58. The van der Waals surface area contributed by atoms with Crippen LogP contribution in [-0.2, 0) is 4.79 Å². The number of nitrogens with one attached hydrogen (secondary N) is 1. The summed E-state index contributed by atoms with van der Waals surface area (Å²) in [5.74, 6) is 1.72. The van der Waals surface area contributed by atoms with Gasteiger partial charge in [-0.05, 0) is 68.1 Å². The van der Waals surface area contributed by atoms with Gasteiger partial charge in [0.15, 0.2) is 17.6 Å². The highest BCUT2D eigenvalue weighted by molar-refractivity contribution is 6.32. The van der Waals surface area contributed by atoms with Gasteiger partial charge in [0, 0.05) is 5.02 Å². The summed E-state index contributed by atoms with van der Waals surface area (Å²) in [5, 5.41) is 3.76. The average molecular weight is 406 g/mol. The fraction of sp³-hybridized carbons (Fsp3) is 0.409. The second kappa shape index (κ2) is 9.69. The second-order valence-electron chi connectivity index (χ2n) is 6.71. The van der Waals surface area contributed by atoms with Gasteiger partial charge in [-0.3, -0.25) is 4.79 Å². The molecule has 0 bridgehead atoms. The molecule has 2 unspecified atom stereocenters. The minimum atomic E-state index is -0.644. The molecule has 0 heterocycles. The summed E-state index contributed by atoms with van der Waals surface area (Å²) < 4.78 is 16.5. The lowest BCUT2D eigenvalue weighted by Gasteiger charge is -2.22. The normalized spacial score (nSPS) is 12.8. The first kappa shape index (κ1) is 21.9. The molecule has 0 aliphatic carbocycles. The van der Waals surface area contributed by atoms with Crippen LogP contribution in [0.2, 0.25) is 5.02 Å². The number of hydrogen-bond donors (Lipinski definition) is 1. The van der Waals surface area contributed by atoms with E-state index in [1.807, 2.05) is 51.1 Å². The molecule has 28 heavy (non-hydrogen) atoms. The molecule has 0 aliphatic rings. The monoisotopic (exact) mass is 405 g/mol.